The van der Waals surface area contributed by atoms with Gasteiger partial charge in [0.15, 0.2) is 0 Å². The van der Waals surface area contributed by atoms with Crippen LogP contribution in [0, 0.1) is 0 Å². The molecule has 0 saturated carbocycles. The molecule has 1 N–H and O–H groups in total. The Kier molecular flexibility index (Phi) is 2.84. The van der Waals surface area contributed by atoms with E-state index in [2.05, 4.69) is 28.3 Å². The minimum Gasteiger partial charge on any atom is -0.312 e. The van der Waals surface area contributed by atoms with Crippen LogP contribution in [0.1, 0.15) is 12.6 Å². The van der Waals surface area contributed by atoms with Crippen LogP contribution in [0.3, 0.4) is 0 Å². The predicted molar refractivity (Wildman–Crippen MR) is 55.9 cm³/mol. The van der Waals surface area contributed by atoms with Crippen LogP contribution >= 0.6 is 0 Å². The van der Waals surface area contributed by atoms with Gasteiger partial charge in [-0.1, -0.05) is 0 Å². The summed E-state index contributed by atoms with van der Waals surface area (Å²) < 4.78 is 1.95. The Morgan fingerprint density at radius 3 is 3.14 bits per heavy atom. The number of rotatable bonds is 2. The summed E-state index contributed by atoms with van der Waals surface area (Å²) in [4.78, 5) is 2.47. The third-order valence-electron chi connectivity index (χ3n) is 2.76. The molecule has 2 rings (SSSR count). The summed E-state index contributed by atoms with van der Waals surface area (Å²) in [6, 6.07) is 2.70. The van der Waals surface area contributed by atoms with Gasteiger partial charge in [0.1, 0.15) is 0 Å². The zero-order valence-corrected chi connectivity index (χ0v) is 8.90. The van der Waals surface area contributed by atoms with Crippen molar-refractivity contribution in [3.63, 3.8) is 0 Å². The number of nitrogens with one attached hydrogen (secondary N) is 1. The van der Waals surface area contributed by atoms with Crippen molar-refractivity contribution in [2.24, 2.45) is 7.05 Å². The van der Waals surface area contributed by atoms with E-state index < -0.39 is 0 Å². The Balaban J connectivity index is 1.94. The molecule has 0 bridgehead atoms. The molecule has 0 unspecified atom stereocenters. The molecule has 4 nitrogen and oxygen atoms in total. The maximum absolute atomic E-state index is 4.18. The van der Waals surface area contributed by atoms with E-state index in [4.69, 9.17) is 0 Å². The van der Waals surface area contributed by atoms with Gasteiger partial charge in [-0.2, -0.15) is 5.10 Å². The summed E-state index contributed by atoms with van der Waals surface area (Å²) in [6.45, 7) is 6.61. The Bertz CT molecular complexity index is 294. The Morgan fingerprint density at radius 2 is 2.50 bits per heavy atom. The molecule has 78 valence electrons. The minimum atomic E-state index is 0.608. The van der Waals surface area contributed by atoms with Crippen LogP contribution in [0.4, 0.5) is 0 Å². The highest BCUT2D eigenvalue weighted by Gasteiger charge is 2.16. The molecule has 1 fully saturated rings. The van der Waals surface area contributed by atoms with Crippen LogP contribution < -0.4 is 5.32 Å². The van der Waals surface area contributed by atoms with Crippen molar-refractivity contribution in [2.75, 3.05) is 19.6 Å². The molecular weight excluding hydrogens is 176 g/mol. The van der Waals surface area contributed by atoms with E-state index >= 15 is 0 Å². The molecule has 1 aliphatic rings. The maximum atomic E-state index is 4.18. The number of aryl methyl sites for hydroxylation is 1. The number of hydrogen-bond acceptors (Lipinski definition) is 3. The predicted octanol–water partition coefficient (Wildman–Crippen LogP) is 0.214. The normalized spacial score (nSPS) is 24.0. The van der Waals surface area contributed by atoms with Crippen LogP contribution in [0.5, 0.6) is 0 Å². The van der Waals surface area contributed by atoms with Gasteiger partial charge in [-0.25, -0.2) is 0 Å². The third-order valence-corrected chi connectivity index (χ3v) is 2.76. The molecule has 14 heavy (non-hydrogen) atoms. The molecule has 0 radical (unpaired) electrons. The number of aromatic nitrogens is 2. The molecule has 0 amide bonds. The minimum absolute atomic E-state index is 0.608. The van der Waals surface area contributed by atoms with Gasteiger partial charge in [0.2, 0.25) is 0 Å². The van der Waals surface area contributed by atoms with Crippen LogP contribution in [0.2, 0.25) is 0 Å². The topological polar surface area (TPSA) is 33.1 Å². The van der Waals surface area contributed by atoms with Crippen molar-refractivity contribution in [3.05, 3.63) is 18.0 Å². The summed E-state index contributed by atoms with van der Waals surface area (Å²) >= 11 is 0. The van der Waals surface area contributed by atoms with E-state index in [0.29, 0.717) is 6.04 Å². The Hall–Kier alpha value is -0.870. The lowest BCUT2D eigenvalue weighted by atomic mass is 10.2. The highest BCUT2D eigenvalue weighted by atomic mass is 15.3. The van der Waals surface area contributed by atoms with E-state index in [-0.39, 0.29) is 0 Å². The first-order chi connectivity index (χ1) is 6.75. The van der Waals surface area contributed by atoms with Crippen molar-refractivity contribution in [1.29, 1.82) is 0 Å². The molecule has 2 heterocycles. The van der Waals surface area contributed by atoms with E-state index in [1.165, 1.54) is 5.69 Å². The summed E-state index contributed by atoms with van der Waals surface area (Å²) in [5, 5.41) is 7.62. The van der Waals surface area contributed by atoms with Crippen molar-refractivity contribution in [3.8, 4) is 0 Å². The highest BCUT2D eigenvalue weighted by Crippen LogP contribution is 2.05. The van der Waals surface area contributed by atoms with Gasteiger partial charge >= 0.3 is 0 Å². The van der Waals surface area contributed by atoms with Crippen LogP contribution in [-0.2, 0) is 13.6 Å². The van der Waals surface area contributed by atoms with Gasteiger partial charge in [0, 0.05) is 45.5 Å². The molecule has 1 aromatic rings. The number of piperazine rings is 1. The van der Waals surface area contributed by atoms with Crippen molar-refractivity contribution < 1.29 is 0 Å². The lowest BCUT2D eigenvalue weighted by Gasteiger charge is -2.31. The Morgan fingerprint density at radius 1 is 1.64 bits per heavy atom. The van der Waals surface area contributed by atoms with E-state index in [1.807, 2.05) is 17.9 Å². The lowest BCUT2D eigenvalue weighted by molar-refractivity contribution is 0.195. The fourth-order valence-corrected chi connectivity index (χ4v) is 1.94. The van der Waals surface area contributed by atoms with E-state index in [1.54, 1.807) is 0 Å². The van der Waals surface area contributed by atoms with Crippen molar-refractivity contribution in [1.82, 2.24) is 20.0 Å². The SMILES string of the molecule is C[C@@H]1CN(Cc2ccnn2C)CCN1. The summed E-state index contributed by atoms with van der Waals surface area (Å²) in [5.41, 5.74) is 1.29. The average molecular weight is 194 g/mol. The monoisotopic (exact) mass is 194 g/mol. The number of hydrogen-bond donors (Lipinski definition) is 1. The second kappa shape index (κ2) is 4.11. The maximum Gasteiger partial charge on any atom is 0.0521 e. The van der Waals surface area contributed by atoms with Crippen LogP contribution in [0.25, 0.3) is 0 Å². The molecule has 1 atom stereocenters. The first kappa shape index (κ1) is 9.68. The average Bonchev–Trinajstić information content (AvgIpc) is 2.52. The standard InChI is InChI=1S/C10H18N4/c1-9-7-14(6-5-11-9)8-10-3-4-12-13(10)2/h3-4,9,11H,5-8H2,1-2H3/t9-/m1/s1. The zero-order chi connectivity index (χ0) is 9.97. The van der Waals surface area contributed by atoms with Gasteiger partial charge in [-0.3, -0.25) is 9.58 Å². The van der Waals surface area contributed by atoms with Crippen LogP contribution in [0.15, 0.2) is 12.3 Å². The van der Waals surface area contributed by atoms with Gasteiger partial charge in [0.25, 0.3) is 0 Å². The number of nitrogens with zero attached hydrogens (tertiary/aromatic N) is 3. The van der Waals surface area contributed by atoms with Gasteiger partial charge < -0.3 is 5.32 Å². The quantitative estimate of drug-likeness (QED) is 0.731. The van der Waals surface area contributed by atoms with E-state index in [9.17, 15) is 0 Å². The molecule has 0 spiro atoms. The van der Waals surface area contributed by atoms with Gasteiger partial charge in [-0.05, 0) is 13.0 Å². The molecule has 4 heteroatoms. The van der Waals surface area contributed by atoms with Crippen molar-refractivity contribution in [2.45, 2.75) is 19.5 Å². The molecule has 1 aromatic heterocycles. The smallest absolute Gasteiger partial charge is 0.0521 e. The molecule has 0 aromatic carbocycles. The largest absolute Gasteiger partial charge is 0.312 e. The van der Waals surface area contributed by atoms with Crippen molar-refractivity contribution >= 4 is 0 Å². The first-order valence-corrected chi connectivity index (χ1v) is 5.18. The molecule has 1 aliphatic heterocycles. The second-order valence-corrected chi connectivity index (χ2v) is 4.04. The molecular formula is C10H18N4. The van der Waals surface area contributed by atoms with E-state index in [0.717, 1.165) is 26.2 Å². The summed E-state index contributed by atoms with van der Waals surface area (Å²) in [6.07, 6.45) is 1.86. The molecule has 0 aliphatic carbocycles. The van der Waals surface area contributed by atoms with Crippen LogP contribution in [-0.4, -0.2) is 40.4 Å². The van der Waals surface area contributed by atoms with Gasteiger partial charge in [0.05, 0.1) is 5.69 Å². The molecule has 1 saturated heterocycles. The first-order valence-electron chi connectivity index (χ1n) is 5.18. The fraction of sp³-hybridized carbons (Fsp3) is 0.700. The summed E-state index contributed by atoms with van der Waals surface area (Å²) in [5.74, 6) is 0. The zero-order valence-electron chi connectivity index (χ0n) is 8.90. The second-order valence-electron chi connectivity index (χ2n) is 4.04. The third kappa shape index (κ3) is 2.13. The Labute approximate surface area is 84.9 Å². The highest BCUT2D eigenvalue weighted by molar-refractivity contribution is 5.00. The van der Waals surface area contributed by atoms with Gasteiger partial charge in [-0.15, -0.1) is 0 Å². The lowest BCUT2D eigenvalue weighted by Crippen LogP contribution is -2.48. The fourth-order valence-electron chi connectivity index (χ4n) is 1.94. The summed E-state index contributed by atoms with van der Waals surface area (Å²) in [7, 11) is 2.00.